The van der Waals surface area contributed by atoms with Crippen molar-refractivity contribution in [3.63, 3.8) is 0 Å². The van der Waals surface area contributed by atoms with Crippen LogP contribution in [-0.2, 0) is 23.3 Å². The van der Waals surface area contributed by atoms with Gasteiger partial charge in [0.1, 0.15) is 0 Å². The fourth-order valence-corrected chi connectivity index (χ4v) is 9.56. The van der Waals surface area contributed by atoms with Crippen LogP contribution in [0.4, 0.5) is 0 Å². The van der Waals surface area contributed by atoms with Gasteiger partial charge in [-0.05, 0) is 78.5 Å². The number of aryl methyl sites for hydroxylation is 1. The summed E-state index contributed by atoms with van der Waals surface area (Å²) in [7, 11) is 0. The first-order chi connectivity index (χ1) is 25.9. The molecule has 0 amide bonds. The Hall–Kier alpha value is -2.22. The minimum absolute atomic E-state index is 0. The minimum atomic E-state index is 0. The average molecular weight is 863 g/mol. The summed E-state index contributed by atoms with van der Waals surface area (Å²) in [6.45, 7) is 6.79. The molecule has 3 saturated carbocycles. The van der Waals surface area contributed by atoms with Crippen molar-refractivity contribution >= 4 is 27.0 Å². The maximum atomic E-state index is 2.50. The summed E-state index contributed by atoms with van der Waals surface area (Å²) < 4.78 is 0. The van der Waals surface area contributed by atoms with E-state index in [1.807, 2.05) is 0 Å². The van der Waals surface area contributed by atoms with Crippen LogP contribution in [0, 0.1) is 6.92 Å². The summed E-state index contributed by atoms with van der Waals surface area (Å²) in [5, 5.41) is 5.60. The molecule has 3 aliphatic carbocycles. The van der Waals surface area contributed by atoms with Gasteiger partial charge in [0.2, 0.25) is 0 Å². The van der Waals surface area contributed by atoms with E-state index in [1.54, 1.807) is 34.5 Å². The number of fused-ring (bicyclic) bond motifs is 2. The molecule has 0 heterocycles. The van der Waals surface area contributed by atoms with Crippen LogP contribution in [0.3, 0.4) is 0 Å². The van der Waals surface area contributed by atoms with Gasteiger partial charge >= 0.3 is 41.9 Å². The van der Waals surface area contributed by atoms with Gasteiger partial charge in [0, 0.05) is 0 Å². The summed E-state index contributed by atoms with van der Waals surface area (Å²) in [4.78, 5) is 0. The summed E-state index contributed by atoms with van der Waals surface area (Å²) in [5.74, 6) is 2.37. The molecule has 6 aromatic rings. The van der Waals surface area contributed by atoms with E-state index < -0.39 is 0 Å². The molecule has 4 heteroatoms. The molecule has 0 aliphatic heterocycles. The summed E-state index contributed by atoms with van der Waals surface area (Å²) >= 11 is 1.74. The number of hydrogen-bond acceptors (Lipinski definition) is 0. The third-order valence-electron chi connectivity index (χ3n) is 12.3. The topological polar surface area (TPSA) is 0 Å². The molecule has 0 saturated heterocycles. The van der Waals surface area contributed by atoms with E-state index in [0.29, 0.717) is 0 Å². The predicted molar refractivity (Wildman–Crippen MR) is 230 cm³/mol. The van der Waals surface area contributed by atoms with E-state index in [1.165, 1.54) is 151 Å². The van der Waals surface area contributed by atoms with Crippen LogP contribution in [0.5, 0.6) is 0 Å². The Labute approximate surface area is 360 Å². The van der Waals surface area contributed by atoms with Gasteiger partial charge in [-0.2, -0.15) is 12.1 Å². The molecule has 55 heavy (non-hydrogen) atoms. The fourth-order valence-electron chi connectivity index (χ4n) is 9.56. The van der Waals surface area contributed by atoms with E-state index in [2.05, 4.69) is 129 Å². The SMILES string of the molecule is C[Si](C)=[Zr+2].Cc1cc2c(-c3ccc(C4CCCCC4)cc3)cccc2[cH-]1.[Cl-].[Cl-].c1cc(-c2ccc(C3CCCCC3)cc2)c2cc(C3CCCCC3)[cH-]c2c1. The Morgan fingerprint density at radius 3 is 1.31 bits per heavy atom. The third-order valence-corrected chi connectivity index (χ3v) is 12.3. The van der Waals surface area contributed by atoms with Crippen LogP contribution in [-0.4, -0.2) is 5.43 Å². The first-order valence-corrected chi connectivity index (χ1v) is 27.2. The van der Waals surface area contributed by atoms with Crippen LogP contribution in [0.1, 0.15) is 136 Å². The van der Waals surface area contributed by atoms with Crippen LogP contribution in [0.2, 0.25) is 13.1 Å². The molecule has 288 valence electrons. The van der Waals surface area contributed by atoms with Gasteiger partial charge in [-0.25, -0.2) is 0 Å². The Morgan fingerprint density at radius 2 is 0.873 bits per heavy atom. The molecular formula is C51H60Cl2SiZr-2. The Morgan fingerprint density at radius 1 is 0.491 bits per heavy atom. The van der Waals surface area contributed by atoms with E-state index in [4.69, 9.17) is 0 Å². The maximum Gasteiger partial charge on any atom is -0.0162 e. The molecule has 9 rings (SSSR count). The largest absolute Gasteiger partial charge is 1.00 e. The molecule has 0 unspecified atom stereocenters. The Bertz CT molecular complexity index is 2060. The van der Waals surface area contributed by atoms with Gasteiger partial charge in [-0.3, -0.25) is 0 Å². The van der Waals surface area contributed by atoms with Crippen molar-refractivity contribution in [1.29, 1.82) is 0 Å². The molecule has 0 atom stereocenters. The van der Waals surface area contributed by atoms with Crippen LogP contribution >= 0.6 is 0 Å². The minimum Gasteiger partial charge on any atom is -1.00 e. The van der Waals surface area contributed by atoms with Crippen molar-refractivity contribution in [3.05, 3.63) is 131 Å². The van der Waals surface area contributed by atoms with Crippen LogP contribution < -0.4 is 24.8 Å². The molecule has 3 aliphatic rings. The second kappa shape index (κ2) is 21.5. The molecule has 0 aromatic heterocycles. The molecule has 0 bridgehead atoms. The van der Waals surface area contributed by atoms with Crippen molar-refractivity contribution in [3.8, 4) is 22.3 Å². The average Bonchev–Trinajstić information content (AvgIpc) is 3.82. The Kier molecular flexibility index (Phi) is 17.2. The molecule has 0 spiro atoms. The monoisotopic (exact) mass is 860 g/mol. The number of benzene rings is 4. The molecule has 0 N–H and O–H groups in total. The van der Waals surface area contributed by atoms with Gasteiger partial charge in [0.25, 0.3) is 0 Å². The maximum absolute atomic E-state index is 2.50. The van der Waals surface area contributed by atoms with Crippen molar-refractivity contribution in [2.75, 3.05) is 0 Å². The zero-order chi connectivity index (χ0) is 36.6. The smallest absolute Gasteiger partial charge is 0.0162 e. The quantitative estimate of drug-likeness (QED) is 0.120. The molecule has 3 fully saturated rings. The van der Waals surface area contributed by atoms with Gasteiger partial charge in [-0.15, -0.1) is 69.1 Å². The zero-order valence-electron chi connectivity index (χ0n) is 33.5. The second-order valence-electron chi connectivity index (χ2n) is 16.7. The summed E-state index contributed by atoms with van der Waals surface area (Å²) in [6.07, 6.45) is 21.0. The van der Waals surface area contributed by atoms with Crippen LogP contribution in [0.25, 0.3) is 43.8 Å². The van der Waals surface area contributed by atoms with E-state index in [0.717, 1.165) is 17.8 Å². The van der Waals surface area contributed by atoms with Crippen molar-refractivity contribution in [2.24, 2.45) is 0 Å². The second-order valence-corrected chi connectivity index (χ2v) is 26.1. The summed E-state index contributed by atoms with van der Waals surface area (Å²) in [6, 6.07) is 41.9. The Balaban J connectivity index is 0.000000189. The number of halogens is 2. The predicted octanol–water partition coefficient (Wildman–Crippen LogP) is 9.70. The first-order valence-electron chi connectivity index (χ1n) is 21.0. The van der Waals surface area contributed by atoms with E-state index in [9.17, 15) is 0 Å². The number of rotatable bonds is 5. The van der Waals surface area contributed by atoms with Crippen molar-refractivity contribution < 1.29 is 48.1 Å². The fraction of sp³-hybridized carbons (Fsp3) is 0.412. The van der Waals surface area contributed by atoms with Crippen LogP contribution in [0.15, 0.2) is 109 Å². The zero-order valence-corrected chi connectivity index (χ0v) is 38.5. The standard InChI is InChI=1S/C27H31.C22H23.C2H6Si.2ClH.Zr/c1-3-8-20(9-4-1)22-14-16-23(17-15-22)26-13-7-12-24-18-25(19-27(24)26)21-10-5-2-6-11-21;1-16-14-20-8-5-9-21(22(20)15-16)19-12-10-18(11-13-19)17-6-3-2-4-7-17;1-3-2;;;/h7,12-21H,1-6,8-11H2;5,8-15,17H,2-4,6-7H2,1H3;1-2H3;2*1H;/q2*-1;;;;+2/p-2. The number of hydrogen-bond donors (Lipinski definition) is 0. The van der Waals surface area contributed by atoms with Gasteiger partial charge in [0.05, 0.1) is 0 Å². The molecule has 6 aromatic carbocycles. The van der Waals surface area contributed by atoms with Crippen molar-refractivity contribution in [2.45, 2.75) is 134 Å². The molecule has 0 radical (unpaired) electrons. The van der Waals surface area contributed by atoms with E-state index >= 15 is 0 Å². The third kappa shape index (κ3) is 11.5. The molecular weight excluding hydrogens is 803 g/mol. The molecule has 0 nitrogen and oxygen atoms in total. The first kappa shape index (κ1) is 43.9. The van der Waals surface area contributed by atoms with Crippen molar-refractivity contribution in [1.82, 2.24) is 0 Å². The van der Waals surface area contributed by atoms with Gasteiger partial charge in [-0.1, -0.05) is 137 Å². The normalized spacial score (nSPS) is 16.6. The summed E-state index contributed by atoms with van der Waals surface area (Å²) in [5.41, 5.74) is 11.7. The van der Waals surface area contributed by atoms with E-state index in [-0.39, 0.29) is 30.2 Å². The van der Waals surface area contributed by atoms with Gasteiger partial charge in [0.15, 0.2) is 0 Å². The van der Waals surface area contributed by atoms with Gasteiger partial charge < -0.3 is 24.8 Å².